The molecule has 0 bridgehead atoms. The van der Waals surface area contributed by atoms with Crippen molar-refractivity contribution in [3.63, 3.8) is 0 Å². The zero-order valence-corrected chi connectivity index (χ0v) is 19.7. The predicted octanol–water partition coefficient (Wildman–Crippen LogP) is 7.28. The fraction of sp³-hybridized carbons (Fsp3) is 0.310. The third-order valence-corrected chi connectivity index (χ3v) is 6.72. The number of benzene rings is 3. The molecule has 32 heavy (non-hydrogen) atoms. The topological polar surface area (TPSA) is 46.2 Å². The largest absolute Gasteiger partial charge is 0.508 e. The van der Waals surface area contributed by atoms with Gasteiger partial charge in [0.05, 0.1) is 0 Å². The third-order valence-electron chi connectivity index (χ3n) is 6.72. The molecule has 168 valence electrons. The minimum Gasteiger partial charge on any atom is -0.508 e. The fourth-order valence-corrected chi connectivity index (χ4v) is 4.97. The molecule has 3 heteroatoms. The van der Waals surface area contributed by atoms with Gasteiger partial charge >= 0.3 is 0 Å². The van der Waals surface area contributed by atoms with Crippen LogP contribution < -0.4 is 5.73 Å². The van der Waals surface area contributed by atoms with Gasteiger partial charge in [0.15, 0.2) is 0 Å². The number of phenolic OH excluding ortho intramolecular Hbond substituents is 1. The fourth-order valence-electron chi connectivity index (χ4n) is 4.97. The Morgan fingerprint density at radius 1 is 0.938 bits per heavy atom. The smallest absolute Gasteiger partial charge is 0.116 e. The summed E-state index contributed by atoms with van der Waals surface area (Å²) in [5, 5.41) is 10.2. The first kappa shape index (κ1) is 24.1. The lowest BCUT2D eigenvalue weighted by Gasteiger charge is -2.31. The van der Waals surface area contributed by atoms with Crippen LogP contribution in [0.25, 0.3) is 5.57 Å². The highest BCUT2D eigenvalue weighted by atomic mass is 35.5. The Morgan fingerprint density at radius 3 is 2.31 bits per heavy atom. The average molecular weight is 448 g/mol. The SMILES string of the molecule is CC(N)(CCc1ccccc1)C1=C(c2cccc(O)c2)CC(c2ccccc2)CCC1.Cl. The average Bonchev–Trinajstić information content (AvgIpc) is 3.03. The highest BCUT2D eigenvalue weighted by molar-refractivity contribution is 5.85. The standard InChI is InChI=1S/C29H33NO.ClH/c1-29(30,19-18-22-10-4-2-5-11-22)28-17-9-14-24(23-12-6-3-7-13-23)21-27(28)25-15-8-16-26(31)20-25;/h2-8,10-13,15-16,20,24,31H,9,14,17-19,21,30H2,1H3;1H. The minimum atomic E-state index is -0.387. The number of rotatable bonds is 6. The number of hydrogen-bond donors (Lipinski definition) is 2. The Labute approximate surface area is 198 Å². The summed E-state index contributed by atoms with van der Waals surface area (Å²) in [6, 6.07) is 29.1. The predicted molar refractivity (Wildman–Crippen MR) is 137 cm³/mol. The van der Waals surface area contributed by atoms with Crippen molar-refractivity contribution in [2.24, 2.45) is 5.73 Å². The summed E-state index contributed by atoms with van der Waals surface area (Å²) in [6.07, 6.45) is 6.13. The van der Waals surface area contributed by atoms with Gasteiger partial charge in [0.1, 0.15) is 5.75 Å². The monoisotopic (exact) mass is 447 g/mol. The van der Waals surface area contributed by atoms with E-state index < -0.39 is 0 Å². The van der Waals surface area contributed by atoms with Gasteiger partial charge in [0.25, 0.3) is 0 Å². The second kappa shape index (κ2) is 10.8. The molecule has 0 saturated carbocycles. The van der Waals surface area contributed by atoms with Crippen LogP contribution in [0.1, 0.15) is 61.6 Å². The van der Waals surface area contributed by atoms with E-state index in [0.29, 0.717) is 11.7 Å². The van der Waals surface area contributed by atoms with E-state index in [9.17, 15) is 5.11 Å². The number of aromatic hydroxyl groups is 1. The van der Waals surface area contributed by atoms with Crippen molar-refractivity contribution in [2.75, 3.05) is 0 Å². The lowest BCUT2D eigenvalue weighted by atomic mass is 9.79. The molecule has 4 rings (SSSR count). The van der Waals surface area contributed by atoms with Crippen molar-refractivity contribution in [3.05, 3.63) is 107 Å². The van der Waals surface area contributed by atoms with Crippen molar-refractivity contribution in [1.82, 2.24) is 0 Å². The van der Waals surface area contributed by atoms with Crippen LogP contribution in [0.15, 0.2) is 90.5 Å². The Morgan fingerprint density at radius 2 is 1.62 bits per heavy atom. The molecule has 0 fully saturated rings. The van der Waals surface area contributed by atoms with E-state index in [1.165, 1.54) is 22.3 Å². The third kappa shape index (κ3) is 5.82. The van der Waals surface area contributed by atoms with E-state index in [4.69, 9.17) is 5.73 Å². The zero-order chi connectivity index (χ0) is 21.7. The molecule has 3 aromatic rings. The number of halogens is 1. The molecule has 3 N–H and O–H groups in total. The van der Waals surface area contributed by atoms with Gasteiger partial charge in [0.2, 0.25) is 0 Å². The van der Waals surface area contributed by atoms with E-state index in [0.717, 1.165) is 44.1 Å². The van der Waals surface area contributed by atoms with Crippen LogP contribution >= 0.6 is 12.4 Å². The van der Waals surface area contributed by atoms with Crippen molar-refractivity contribution in [3.8, 4) is 5.75 Å². The van der Waals surface area contributed by atoms with Crippen LogP contribution in [-0.4, -0.2) is 10.6 Å². The van der Waals surface area contributed by atoms with Crippen LogP contribution in [0.2, 0.25) is 0 Å². The molecule has 0 aliphatic heterocycles. The van der Waals surface area contributed by atoms with E-state index in [1.54, 1.807) is 6.07 Å². The summed E-state index contributed by atoms with van der Waals surface area (Å²) in [6.45, 7) is 2.19. The molecule has 2 nitrogen and oxygen atoms in total. The van der Waals surface area contributed by atoms with Crippen molar-refractivity contribution in [1.29, 1.82) is 0 Å². The first-order valence-corrected chi connectivity index (χ1v) is 11.4. The maximum atomic E-state index is 10.2. The number of aryl methyl sites for hydroxylation is 1. The summed E-state index contributed by atoms with van der Waals surface area (Å²) in [5.74, 6) is 0.786. The second-order valence-electron chi connectivity index (χ2n) is 9.11. The molecule has 2 atom stereocenters. The quantitative estimate of drug-likeness (QED) is 0.417. The van der Waals surface area contributed by atoms with Crippen LogP contribution in [0, 0.1) is 0 Å². The molecule has 0 amide bonds. The van der Waals surface area contributed by atoms with Gasteiger partial charge in [-0.25, -0.2) is 0 Å². The van der Waals surface area contributed by atoms with Crippen LogP contribution in [0.5, 0.6) is 5.75 Å². The number of phenols is 1. The molecule has 0 aromatic heterocycles. The van der Waals surface area contributed by atoms with Gasteiger partial charge in [-0.2, -0.15) is 0 Å². The maximum absolute atomic E-state index is 10.2. The molecule has 1 aliphatic carbocycles. The molecular formula is C29H34ClNO. The summed E-state index contributed by atoms with van der Waals surface area (Å²) < 4.78 is 0. The summed E-state index contributed by atoms with van der Waals surface area (Å²) in [4.78, 5) is 0. The van der Waals surface area contributed by atoms with Crippen LogP contribution in [0.4, 0.5) is 0 Å². The highest BCUT2D eigenvalue weighted by Crippen LogP contribution is 2.43. The van der Waals surface area contributed by atoms with Crippen LogP contribution in [0.3, 0.4) is 0 Å². The Kier molecular flexibility index (Phi) is 8.17. The molecule has 1 aliphatic rings. The van der Waals surface area contributed by atoms with Crippen LogP contribution in [-0.2, 0) is 6.42 Å². The molecule has 2 unspecified atom stereocenters. The normalized spacial score (nSPS) is 18.4. The maximum Gasteiger partial charge on any atom is 0.116 e. The first-order valence-electron chi connectivity index (χ1n) is 11.4. The summed E-state index contributed by atoms with van der Waals surface area (Å²) in [7, 11) is 0. The molecule has 0 spiro atoms. The van der Waals surface area contributed by atoms with E-state index in [-0.39, 0.29) is 17.9 Å². The molecule has 3 aromatic carbocycles. The lowest BCUT2D eigenvalue weighted by molar-refractivity contribution is 0.474. The van der Waals surface area contributed by atoms with Crippen molar-refractivity contribution >= 4 is 18.0 Å². The van der Waals surface area contributed by atoms with Gasteiger partial charge in [-0.05, 0) is 91.3 Å². The summed E-state index contributed by atoms with van der Waals surface area (Å²) >= 11 is 0. The Bertz CT molecular complexity index is 1030. The number of hydrogen-bond acceptors (Lipinski definition) is 2. The Hall–Kier alpha value is -2.55. The Balaban J connectivity index is 0.00000289. The van der Waals surface area contributed by atoms with E-state index >= 15 is 0 Å². The van der Waals surface area contributed by atoms with Gasteiger partial charge in [-0.3, -0.25) is 0 Å². The molecule has 0 saturated heterocycles. The van der Waals surface area contributed by atoms with E-state index in [1.807, 2.05) is 12.1 Å². The van der Waals surface area contributed by atoms with Crippen molar-refractivity contribution < 1.29 is 5.11 Å². The highest BCUT2D eigenvalue weighted by Gasteiger charge is 2.31. The second-order valence-corrected chi connectivity index (χ2v) is 9.11. The van der Waals surface area contributed by atoms with E-state index in [2.05, 4.69) is 73.7 Å². The number of allylic oxidation sites excluding steroid dienone is 1. The van der Waals surface area contributed by atoms with Gasteiger partial charge in [-0.15, -0.1) is 12.4 Å². The first-order chi connectivity index (χ1) is 15.0. The number of nitrogens with two attached hydrogens (primary N) is 1. The lowest BCUT2D eigenvalue weighted by Crippen LogP contribution is -2.39. The van der Waals surface area contributed by atoms with Crippen molar-refractivity contribution in [2.45, 2.75) is 56.9 Å². The molecule has 0 heterocycles. The molecule has 0 radical (unpaired) electrons. The van der Waals surface area contributed by atoms with Gasteiger partial charge < -0.3 is 10.8 Å². The zero-order valence-electron chi connectivity index (χ0n) is 18.8. The summed E-state index contributed by atoms with van der Waals surface area (Å²) in [5.41, 5.74) is 13.2. The minimum absolute atomic E-state index is 0. The van der Waals surface area contributed by atoms with Gasteiger partial charge in [0, 0.05) is 5.54 Å². The molecular weight excluding hydrogens is 414 g/mol. The van der Waals surface area contributed by atoms with Gasteiger partial charge in [-0.1, -0.05) is 72.8 Å².